The molecular formula is C25H19O+. The quantitative estimate of drug-likeness (QED) is 0.373. The number of benzene rings is 3. The molecule has 4 aromatic rings. The molecule has 1 nitrogen and oxygen atoms in total. The molecule has 0 saturated carbocycles. The lowest BCUT2D eigenvalue weighted by atomic mass is 9.85. The largest absolute Gasteiger partial charge is 0.364 e. The molecule has 0 amide bonds. The van der Waals surface area contributed by atoms with Gasteiger partial charge in [0.1, 0.15) is 0 Å². The van der Waals surface area contributed by atoms with Gasteiger partial charge in [0.2, 0.25) is 0 Å². The maximum absolute atomic E-state index is 6.47. The highest BCUT2D eigenvalue weighted by molar-refractivity contribution is 5.81. The van der Waals surface area contributed by atoms with Gasteiger partial charge in [-0.1, -0.05) is 66.7 Å². The Kier molecular flexibility index (Phi) is 3.64. The number of hydrogen-bond acceptors (Lipinski definition) is 0. The van der Waals surface area contributed by atoms with Gasteiger partial charge < -0.3 is 0 Å². The number of aryl methyl sites for hydroxylation is 1. The van der Waals surface area contributed by atoms with Gasteiger partial charge in [-0.25, -0.2) is 4.42 Å². The van der Waals surface area contributed by atoms with Crippen LogP contribution in [-0.2, 0) is 12.8 Å². The average Bonchev–Trinajstić information content (AvgIpc) is 2.74. The molecule has 1 aliphatic carbocycles. The van der Waals surface area contributed by atoms with Gasteiger partial charge in [-0.15, -0.1) is 0 Å². The fourth-order valence-electron chi connectivity index (χ4n) is 3.85. The van der Waals surface area contributed by atoms with Crippen LogP contribution in [0.3, 0.4) is 0 Å². The fourth-order valence-corrected chi connectivity index (χ4v) is 3.85. The molecule has 1 heterocycles. The second kappa shape index (κ2) is 6.27. The lowest BCUT2D eigenvalue weighted by molar-refractivity contribution is 0.569. The van der Waals surface area contributed by atoms with E-state index in [0.29, 0.717) is 0 Å². The minimum Gasteiger partial charge on any atom is -0.206 e. The van der Waals surface area contributed by atoms with Crippen molar-refractivity contribution < 1.29 is 4.42 Å². The highest BCUT2D eigenvalue weighted by Crippen LogP contribution is 2.41. The average molecular weight is 335 g/mol. The predicted molar refractivity (Wildman–Crippen MR) is 107 cm³/mol. The molecule has 124 valence electrons. The molecule has 0 aliphatic heterocycles. The molecule has 0 atom stereocenters. The van der Waals surface area contributed by atoms with Crippen molar-refractivity contribution in [3.05, 3.63) is 102 Å². The molecule has 26 heavy (non-hydrogen) atoms. The predicted octanol–water partition coefficient (Wildman–Crippen LogP) is 6.66. The Bertz CT molecular complexity index is 1050. The van der Waals surface area contributed by atoms with Gasteiger partial charge in [-0.2, -0.15) is 0 Å². The highest BCUT2D eigenvalue weighted by atomic mass is 16.3. The maximum atomic E-state index is 6.47. The summed E-state index contributed by atoms with van der Waals surface area (Å²) in [7, 11) is 0. The zero-order chi connectivity index (χ0) is 17.3. The van der Waals surface area contributed by atoms with E-state index < -0.39 is 0 Å². The summed E-state index contributed by atoms with van der Waals surface area (Å²) in [5.74, 6) is 1.94. The van der Waals surface area contributed by atoms with Gasteiger partial charge in [0, 0.05) is 5.56 Å². The Balaban J connectivity index is 1.81. The summed E-state index contributed by atoms with van der Waals surface area (Å²) in [6.07, 6.45) is 2.07. The monoisotopic (exact) mass is 335 g/mol. The van der Waals surface area contributed by atoms with E-state index in [0.717, 1.165) is 29.9 Å². The van der Waals surface area contributed by atoms with E-state index >= 15 is 0 Å². The van der Waals surface area contributed by atoms with Crippen molar-refractivity contribution in [3.63, 3.8) is 0 Å². The Morgan fingerprint density at radius 3 is 2.00 bits per heavy atom. The summed E-state index contributed by atoms with van der Waals surface area (Å²) in [5.41, 5.74) is 7.54. The summed E-state index contributed by atoms with van der Waals surface area (Å²) in [6, 6.07) is 31.8. The SMILES string of the molecule is c1ccc(-c2cc(-c3ccccc3)c3c([o+]2)-c2ccccc2CC3)cc1. The van der Waals surface area contributed by atoms with Crippen molar-refractivity contribution in [1.29, 1.82) is 0 Å². The first-order valence-electron chi connectivity index (χ1n) is 9.09. The molecule has 0 N–H and O–H groups in total. The van der Waals surface area contributed by atoms with Crippen molar-refractivity contribution in [2.75, 3.05) is 0 Å². The molecule has 0 radical (unpaired) electrons. The van der Waals surface area contributed by atoms with Crippen LogP contribution in [0.1, 0.15) is 11.1 Å². The third-order valence-electron chi connectivity index (χ3n) is 5.14. The van der Waals surface area contributed by atoms with Crippen molar-refractivity contribution in [2.45, 2.75) is 12.8 Å². The topological polar surface area (TPSA) is 11.3 Å². The summed E-state index contributed by atoms with van der Waals surface area (Å²) in [5, 5.41) is 0. The minimum atomic E-state index is 0.917. The highest BCUT2D eigenvalue weighted by Gasteiger charge is 2.31. The summed E-state index contributed by atoms with van der Waals surface area (Å²) in [4.78, 5) is 0. The van der Waals surface area contributed by atoms with Gasteiger partial charge >= 0.3 is 11.5 Å². The standard InChI is InChI=1S/C25H19O/c1-3-9-18(10-4-1)23-17-24(20-12-5-2-6-13-20)26-25-21-14-8-7-11-19(21)15-16-22(23)25/h1-14,17H,15-16H2/q+1. The molecular weight excluding hydrogens is 316 g/mol. The van der Waals surface area contributed by atoms with Crippen LogP contribution in [0.15, 0.2) is 95.4 Å². The van der Waals surface area contributed by atoms with Crippen LogP contribution in [0.25, 0.3) is 33.8 Å². The Morgan fingerprint density at radius 2 is 1.23 bits per heavy atom. The Morgan fingerprint density at radius 1 is 0.577 bits per heavy atom. The first kappa shape index (κ1) is 15.1. The van der Waals surface area contributed by atoms with Crippen LogP contribution in [-0.4, -0.2) is 0 Å². The van der Waals surface area contributed by atoms with Gasteiger partial charge in [0.05, 0.1) is 22.8 Å². The summed E-state index contributed by atoms with van der Waals surface area (Å²) < 4.78 is 6.47. The number of rotatable bonds is 2. The smallest absolute Gasteiger partial charge is 0.206 e. The molecule has 3 aromatic carbocycles. The molecule has 1 aromatic heterocycles. The van der Waals surface area contributed by atoms with Gasteiger partial charge in [0.15, 0.2) is 0 Å². The molecule has 0 spiro atoms. The first-order chi connectivity index (χ1) is 12.9. The number of hydrogen-bond donors (Lipinski definition) is 0. The second-order valence-electron chi connectivity index (χ2n) is 6.72. The van der Waals surface area contributed by atoms with Crippen LogP contribution in [0.4, 0.5) is 0 Å². The normalized spacial score (nSPS) is 12.3. The maximum Gasteiger partial charge on any atom is 0.364 e. The van der Waals surface area contributed by atoms with Crippen LogP contribution in [0, 0.1) is 0 Å². The van der Waals surface area contributed by atoms with E-state index in [9.17, 15) is 0 Å². The van der Waals surface area contributed by atoms with Gasteiger partial charge in [-0.05, 0) is 42.2 Å². The van der Waals surface area contributed by atoms with Crippen LogP contribution < -0.4 is 0 Å². The van der Waals surface area contributed by atoms with E-state index in [-0.39, 0.29) is 0 Å². The van der Waals surface area contributed by atoms with E-state index in [1.54, 1.807) is 0 Å². The third-order valence-corrected chi connectivity index (χ3v) is 5.14. The van der Waals surface area contributed by atoms with E-state index in [4.69, 9.17) is 4.42 Å². The van der Waals surface area contributed by atoms with E-state index in [2.05, 4.69) is 84.9 Å². The third kappa shape index (κ3) is 2.53. The lowest BCUT2D eigenvalue weighted by Gasteiger charge is -2.16. The van der Waals surface area contributed by atoms with Crippen molar-refractivity contribution in [1.82, 2.24) is 0 Å². The second-order valence-corrected chi connectivity index (χ2v) is 6.72. The van der Waals surface area contributed by atoms with E-state index in [1.807, 2.05) is 6.07 Å². The lowest BCUT2D eigenvalue weighted by Crippen LogP contribution is -2.06. The van der Waals surface area contributed by atoms with Crippen LogP contribution in [0.2, 0.25) is 0 Å². The first-order valence-corrected chi connectivity index (χ1v) is 9.09. The van der Waals surface area contributed by atoms with Crippen molar-refractivity contribution >= 4 is 0 Å². The van der Waals surface area contributed by atoms with Crippen LogP contribution >= 0.6 is 0 Å². The molecule has 0 bridgehead atoms. The van der Waals surface area contributed by atoms with Gasteiger partial charge in [0.25, 0.3) is 0 Å². The van der Waals surface area contributed by atoms with Gasteiger partial charge in [-0.3, -0.25) is 0 Å². The number of fused-ring (bicyclic) bond motifs is 3. The zero-order valence-corrected chi connectivity index (χ0v) is 14.5. The Labute approximate surface area is 153 Å². The minimum absolute atomic E-state index is 0.917. The molecule has 0 fully saturated rings. The van der Waals surface area contributed by atoms with E-state index in [1.165, 1.54) is 27.8 Å². The molecule has 1 heteroatoms. The summed E-state index contributed by atoms with van der Waals surface area (Å²) >= 11 is 0. The fraction of sp³-hybridized carbons (Fsp3) is 0.0800. The molecule has 0 saturated heterocycles. The molecule has 1 aliphatic rings. The summed E-state index contributed by atoms with van der Waals surface area (Å²) in [6.45, 7) is 0. The molecule has 0 unspecified atom stereocenters. The van der Waals surface area contributed by atoms with Crippen LogP contribution in [0.5, 0.6) is 0 Å². The van der Waals surface area contributed by atoms with Crippen molar-refractivity contribution in [3.8, 4) is 33.8 Å². The zero-order valence-electron chi connectivity index (χ0n) is 14.5. The van der Waals surface area contributed by atoms with Crippen molar-refractivity contribution in [2.24, 2.45) is 0 Å². The Hall–Kier alpha value is -3.19. The molecule has 5 rings (SSSR count).